The number of rotatable bonds is 4. The molecule has 0 radical (unpaired) electrons. The molecule has 32 heavy (non-hydrogen) atoms. The molecule has 9 nitrogen and oxygen atoms in total. The summed E-state index contributed by atoms with van der Waals surface area (Å²) in [6.45, 7) is 4.80. The van der Waals surface area contributed by atoms with Gasteiger partial charge in [0.15, 0.2) is 11.0 Å². The van der Waals surface area contributed by atoms with Crippen LogP contribution in [0.1, 0.15) is 35.8 Å². The van der Waals surface area contributed by atoms with Crippen LogP contribution in [0.4, 0.5) is 9.52 Å². The number of aryl methyl sites for hydroxylation is 1. The molecule has 4 rings (SSSR count). The van der Waals surface area contributed by atoms with E-state index in [4.69, 9.17) is 21.1 Å². The van der Waals surface area contributed by atoms with Crippen molar-refractivity contribution < 1.29 is 18.7 Å². The van der Waals surface area contributed by atoms with Crippen LogP contribution in [-0.2, 0) is 4.74 Å². The van der Waals surface area contributed by atoms with Gasteiger partial charge in [0.25, 0.3) is 5.91 Å². The summed E-state index contributed by atoms with van der Waals surface area (Å²) in [5.74, 6) is -1.34. The highest BCUT2D eigenvalue weighted by molar-refractivity contribution is 7.13. The summed E-state index contributed by atoms with van der Waals surface area (Å²) in [6, 6.07) is 1.53. The smallest absolute Gasteiger partial charge is 0.324 e. The van der Waals surface area contributed by atoms with Gasteiger partial charge in [-0.1, -0.05) is 11.6 Å². The van der Waals surface area contributed by atoms with Gasteiger partial charge in [-0.05, 0) is 44.1 Å². The van der Waals surface area contributed by atoms with E-state index in [1.165, 1.54) is 38.4 Å². The fraction of sp³-hybridized carbons (Fsp3) is 0.350. The molecular weight excluding hydrogens is 461 g/mol. The lowest BCUT2D eigenvalue weighted by Gasteiger charge is -2.14. The molecule has 12 heteroatoms. The summed E-state index contributed by atoms with van der Waals surface area (Å²) < 4.78 is 25.0. The number of halogens is 2. The highest BCUT2D eigenvalue weighted by atomic mass is 35.5. The Kier molecular flexibility index (Phi) is 7.89. The molecule has 4 heterocycles. The Morgan fingerprint density at radius 3 is 2.75 bits per heavy atom. The number of carbonyl (C=O) groups is 1. The number of hydrogen-bond acceptors (Lipinski definition) is 8. The number of nitrogens with zero attached hydrogens (tertiary/aromatic N) is 3. The van der Waals surface area contributed by atoms with Crippen LogP contribution in [0.3, 0.4) is 0 Å². The number of methoxy groups -OCH3 is 1. The van der Waals surface area contributed by atoms with Crippen LogP contribution in [0.2, 0.25) is 5.15 Å². The van der Waals surface area contributed by atoms with Crippen molar-refractivity contribution in [2.24, 2.45) is 0 Å². The lowest BCUT2D eigenvalue weighted by atomic mass is 10.00. The lowest BCUT2D eigenvalue weighted by molar-refractivity contribution is 0.102. The molecule has 1 aliphatic heterocycles. The second kappa shape index (κ2) is 10.6. The number of H-pyrrole nitrogens is 1. The minimum Gasteiger partial charge on any atom is -0.494 e. The Morgan fingerprint density at radius 2 is 2.19 bits per heavy atom. The molecule has 3 aromatic heterocycles. The van der Waals surface area contributed by atoms with Crippen LogP contribution in [-0.4, -0.2) is 45.9 Å². The van der Waals surface area contributed by atoms with Crippen LogP contribution in [0.25, 0.3) is 11.1 Å². The van der Waals surface area contributed by atoms with Crippen LogP contribution < -0.4 is 14.9 Å². The fourth-order valence-corrected chi connectivity index (χ4v) is 3.63. The maximum absolute atomic E-state index is 14.7. The average molecular weight is 482 g/mol. The van der Waals surface area contributed by atoms with Crippen LogP contribution >= 0.6 is 22.9 Å². The second-order valence-corrected chi connectivity index (χ2v) is 8.19. The SMILES string of the molecule is CC1CCCO1.COc1cnc(Cl)c(F)c1-c1cc(C)ncc1C(=O)Nc1n[nH]c(=O)s1. The summed E-state index contributed by atoms with van der Waals surface area (Å²) in [4.78, 5) is 31.1. The number of hydrogen-bond donors (Lipinski definition) is 2. The number of pyridine rings is 2. The zero-order valence-electron chi connectivity index (χ0n) is 17.6. The molecule has 1 aliphatic rings. The number of aromatic amines is 1. The van der Waals surface area contributed by atoms with Gasteiger partial charge in [0.2, 0.25) is 5.13 Å². The molecule has 1 amide bonds. The largest absolute Gasteiger partial charge is 0.494 e. The van der Waals surface area contributed by atoms with E-state index in [2.05, 4.69) is 32.4 Å². The molecule has 0 spiro atoms. The molecule has 1 unspecified atom stereocenters. The average Bonchev–Trinajstić information content (AvgIpc) is 3.40. The number of aromatic nitrogens is 4. The molecule has 0 aromatic carbocycles. The summed E-state index contributed by atoms with van der Waals surface area (Å²) in [6.07, 6.45) is 5.63. The maximum Gasteiger partial charge on any atom is 0.324 e. The molecule has 1 saturated heterocycles. The number of anilines is 1. The van der Waals surface area contributed by atoms with Crippen molar-refractivity contribution in [1.82, 2.24) is 20.2 Å². The van der Waals surface area contributed by atoms with Gasteiger partial charge in [0.05, 0.1) is 30.5 Å². The first kappa shape index (κ1) is 23.8. The third kappa shape index (κ3) is 5.67. The highest BCUT2D eigenvalue weighted by Crippen LogP contribution is 2.37. The fourth-order valence-electron chi connectivity index (χ4n) is 2.99. The molecule has 2 N–H and O–H groups in total. The minimum absolute atomic E-state index is 0.0154. The van der Waals surface area contributed by atoms with E-state index >= 15 is 0 Å². The summed E-state index contributed by atoms with van der Waals surface area (Å²) in [5, 5.41) is 8.04. The lowest BCUT2D eigenvalue weighted by Crippen LogP contribution is -2.14. The van der Waals surface area contributed by atoms with Crippen molar-refractivity contribution >= 4 is 34.0 Å². The van der Waals surface area contributed by atoms with E-state index in [1.807, 2.05) is 0 Å². The molecule has 0 bridgehead atoms. The van der Waals surface area contributed by atoms with Crippen molar-refractivity contribution in [3.8, 4) is 16.9 Å². The van der Waals surface area contributed by atoms with Crippen molar-refractivity contribution in [2.75, 3.05) is 19.0 Å². The van der Waals surface area contributed by atoms with Crippen LogP contribution in [0.5, 0.6) is 5.75 Å². The van der Waals surface area contributed by atoms with E-state index < -0.39 is 16.6 Å². The Hall–Kier alpha value is -2.89. The second-order valence-electron chi connectivity index (χ2n) is 6.87. The number of nitrogens with one attached hydrogen (secondary N) is 2. The molecular formula is C20H21ClFN5O4S. The molecule has 3 aromatic rings. The maximum atomic E-state index is 14.7. The molecule has 1 atom stereocenters. The van der Waals surface area contributed by atoms with E-state index in [0.717, 1.165) is 17.9 Å². The zero-order valence-corrected chi connectivity index (χ0v) is 19.1. The molecule has 0 saturated carbocycles. The molecule has 170 valence electrons. The highest BCUT2D eigenvalue weighted by Gasteiger charge is 2.23. The van der Waals surface area contributed by atoms with E-state index in [9.17, 15) is 14.0 Å². The Bertz CT molecular complexity index is 1160. The predicted molar refractivity (Wildman–Crippen MR) is 119 cm³/mol. The Labute approximate surface area is 192 Å². The minimum atomic E-state index is -0.824. The van der Waals surface area contributed by atoms with Gasteiger partial charge < -0.3 is 9.47 Å². The first-order valence-corrected chi connectivity index (χ1v) is 10.8. The number of carbonyl (C=O) groups excluding carboxylic acids is 1. The quantitative estimate of drug-likeness (QED) is 0.543. The summed E-state index contributed by atoms with van der Waals surface area (Å²) >= 11 is 6.52. The Morgan fingerprint density at radius 1 is 1.41 bits per heavy atom. The zero-order chi connectivity index (χ0) is 23.3. The predicted octanol–water partition coefficient (Wildman–Crippen LogP) is 3.84. The summed E-state index contributed by atoms with van der Waals surface area (Å²) in [7, 11) is 1.35. The Balaban J connectivity index is 0.000000416. The van der Waals surface area contributed by atoms with Crippen molar-refractivity contribution in [1.29, 1.82) is 0 Å². The standard InChI is InChI=1S/C15H11ClFN5O3S.C5H10O/c1-6-3-7(10-9(25-2)5-19-12(16)11(10)17)8(4-18-6)13(23)20-14-21-22-15(24)26-14;1-5-3-2-4-6-5/h3-5H,1-2H3,(H,22,24)(H,20,21,23);5H,2-4H2,1H3. The number of amides is 1. The number of ether oxygens (including phenoxy) is 2. The van der Waals surface area contributed by atoms with Crippen molar-refractivity contribution in [3.63, 3.8) is 0 Å². The van der Waals surface area contributed by atoms with Gasteiger partial charge in [-0.15, -0.1) is 5.10 Å². The molecule has 1 fully saturated rings. The van der Waals surface area contributed by atoms with E-state index in [-0.39, 0.29) is 32.7 Å². The van der Waals surface area contributed by atoms with Crippen LogP contribution in [0.15, 0.2) is 23.3 Å². The van der Waals surface area contributed by atoms with Crippen molar-refractivity contribution in [3.05, 3.63) is 50.4 Å². The van der Waals surface area contributed by atoms with Gasteiger partial charge in [-0.3, -0.25) is 19.9 Å². The van der Waals surface area contributed by atoms with Gasteiger partial charge in [-0.2, -0.15) is 0 Å². The van der Waals surface area contributed by atoms with Gasteiger partial charge >= 0.3 is 4.87 Å². The molecule has 0 aliphatic carbocycles. The van der Waals surface area contributed by atoms with Gasteiger partial charge in [-0.25, -0.2) is 14.5 Å². The first-order chi connectivity index (χ1) is 15.3. The monoisotopic (exact) mass is 481 g/mol. The summed E-state index contributed by atoms with van der Waals surface area (Å²) in [5.41, 5.74) is 0.808. The first-order valence-electron chi connectivity index (χ1n) is 9.63. The van der Waals surface area contributed by atoms with Crippen molar-refractivity contribution in [2.45, 2.75) is 32.8 Å². The van der Waals surface area contributed by atoms with E-state index in [1.54, 1.807) is 6.92 Å². The normalized spacial score (nSPS) is 15.1. The third-order valence-electron chi connectivity index (χ3n) is 4.53. The van der Waals surface area contributed by atoms with Gasteiger partial charge in [0.1, 0.15) is 5.75 Å². The van der Waals surface area contributed by atoms with E-state index in [0.29, 0.717) is 11.8 Å². The van der Waals surface area contributed by atoms with Gasteiger partial charge in [0, 0.05) is 24.1 Å². The topological polar surface area (TPSA) is 119 Å². The third-order valence-corrected chi connectivity index (χ3v) is 5.46. The van der Waals surface area contributed by atoms with Crippen LogP contribution in [0, 0.1) is 12.7 Å².